The molecule has 1 saturated heterocycles. The first kappa shape index (κ1) is 24.9. The molecule has 1 aliphatic heterocycles. The average Bonchev–Trinajstić information content (AvgIpc) is 3.37. The Kier molecular flexibility index (Phi) is 7.33. The third-order valence-corrected chi connectivity index (χ3v) is 6.32. The molecule has 0 aliphatic carbocycles. The van der Waals surface area contributed by atoms with Gasteiger partial charge in [0.2, 0.25) is 11.8 Å². The van der Waals surface area contributed by atoms with E-state index >= 15 is 0 Å². The number of methoxy groups -OCH3 is 1. The molecule has 0 saturated carbocycles. The summed E-state index contributed by atoms with van der Waals surface area (Å²) in [5.41, 5.74) is 7.65. The fourth-order valence-electron chi connectivity index (χ4n) is 4.37. The molecule has 3 amide bonds. The molecule has 3 heterocycles. The second-order valence-corrected chi connectivity index (χ2v) is 9.14. The summed E-state index contributed by atoms with van der Waals surface area (Å²) in [5, 5.41) is 7.37. The van der Waals surface area contributed by atoms with Crippen molar-refractivity contribution >= 4 is 40.3 Å². The summed E-state index contributed by atoms with van der Waals surface area (Å²) in [6, 6.07) is 9.97. The molecule has 1 aliphatic rings. The van der Waals surface area contributed by atoms with Gasteiger partial charge in [-0.15, -0.1) is 0 Å². The first-order valence-electron chi connectivity index (χ1n) is 11.8. The number of ether oxygens (including phenoxy) is 1. The number of fused-ring (bicyclic) bond motifs is 1. The Morgan fingerprint density at radius 1 is 1.06 bits per heavy atom. The van der Waals surface area contributed by atoms with Crippen molar-refractivity contribution in [3.8, 4) is 11.1 Å². The van der Waals surface area contributed by atoms with Gasteiger partial charge in [0.15, 0.2) is 0 Å². The van der Waals surface area contributed by atoms with Crippen LogP contribution in [0.5, 0.6) is 0 Å². The molecule has 3 aromatic rings. The predicted octanol–water partition coefficient (Wildman–Crippen LogP) is 3.19. The Labute approximate surface area is 209 Å². The van der Waals surface area contributed by atoms with Crippen LogP contribution in [0.25, 0.3) is 21.9 Å². The van der Waals surface area contributed by atoms with E-state index in [1.54, 1.807) is 18.5 Å². The van der Waals surface area contributed by atoms with Crippen LogP contribution in [0.15, 0.2) is 48.8 Å². The highest BCUT2D eigenvalue weighted by atomic mass is 16.5. The summed E-state index contributed by atoms with van der Waals surface area (Å²) >= 11 is 0. The molecule has 10 nitrogen and oxygen atoms in total. The minimum Gasteiger partial charge on any atom is -0.453 e. The van der Waals surface area contributed by atoms with Gasteiger partial charge in [0, 0.05) is 29.9 Å². The Hall–Kier alpha value is -4.21. The highest BCUT2D eigenvalue weighted by molar-refractivity contribution is 5.98. The standard InChI is InChI=1S/C26H30N6O4/c1-15(2)23(31-26(35)36-3)25(34)32-10-4-5-20(32)24(33)30-22-9-8-17(14-29-22)16-6-7-18-13-28-21(27)12-19(18)11-16/h6-9,11-15,20,23H,4-5,10H2,1-3H3,(H2,27,28)(H,31,35)(H,29,30,33)/t20-,23-/m0/s1. The summed E-state index contributed by atoms with van der Waals surface area (Å²) in [6.45, 7) is 4.10. The van der Waals surface area contributed by atoms with Gasteiger partial charge in [-0.1, -0.05) is 26.0 Å². The van der Waals surface area contributed by atoms with Gasteiger partial charge in [-0.05, 0) is 54.0 Å². The summed E-state index contributed by atoms with van der Waals surface area (Å²) in [6.07, 6.45) is 3.97. The van der Waals surface area contributed by atoms with Crippen molar-refractivity contribution in [2.75, 3.05) is 24.7 Å². The maximum atomic E-state index is 13.2. The van der Waals surface area contributed by atoms with Crippen LogP contribution in [0, 0.1) is 5.92 Å². The van der Waals surface area contributed by atoms with Gasteiger partial charge in [0.05, 0.1) is 7.11 Å². The minimum absolute atomic E-state index is 0.169. The van der Waals surface area contributed by atoms with E-state index in [9.17, 15) is 14.4 Å². The molecule has 2 atom stereocenters. The number of hydrogen-bond donors (Lipinski definition) is 3. The molecule has 0 bridgehead atoms. The maximum absolute atomic E-state index is 13.2. The third-order valence-electron chi connectivity index (χ3n) is 6.32. The van der Waals surface area contributed by atoms with Gasteiger partial charge < -0.3 is 26.0 Å². The van der Waals surface area contributed by atoms with Crippen LogP contribution in [0.1, 0.15) is 26.7 Å². The molecule has 1 fully saturated rings. The number of benzene rings is 1. The van der Waals surface area contributed by atoms with Crippen LogP contribution in [0.3, 0.4) is 0 Å². The van der Waals surface area contributed by atoms with E-state index in [2.05, 4.69) is 25.3 Å². The van der Waals surface area contributed by atoms with Gasteiger partial charge in [-0.2, -0.15) is 0 Å². The van der Waals surface area contributed by atoms with Gasteiger partial charge in [-0.25, -0.2) is 14.8 Å². The number of rotatable bonds is 6. The number of carbonyl (C=O) groups is 3. The van der Waals surface area contributed by atoms with E-state index in [4.69, 9.17) is 5.73 Å². The number of pyridine rings is 2. The lowest BCUT2D eigenvalue weighted by Gasteiger charge is -2.30. The lowest BCUT2D eigenvalue weighted by Crippen LogP contribution is -2.54. The van der Waals surface area contributed by atoms with Gasteiger partial charge in [0.25, 0.3) is 0 Å². The van der Waals surface area contributed by atoms with Crippen molar-refractivity contribution < 1.29 is 19.1 Å². The van der Waals surface area contributed by atoms with Crippen LogP contribution in [-0.4, -0.2) is 58.5 Å². The smallest absolute Gasteiger partial charge is 0.407 e. The largest absolute Gasteiger partial charge is 0.453 e. The number of carbonyl (C=O) groups excluding carboxylic acids is 3. The summed E-state index contributed by atoms with van der Waals surface area (Å²) < 4.78 is 4.65. The minimum atomic E-state index is -0.781. The number of nitrogens with zero attached hydrogens (tertiary/aromatic N) is 3. The van der Waals surface area contributed by atoms with Crippen molar-refractivity contribution in [1.29, 1.82) is 0 Å². The van der Waals surface area contributed by atoms with Crippen molar-refractivity contribution in [2.24, 2.45) is 5.92 Å². The first-order valence-corrected chi connectivity index (χ1v) is 11.8. The molecule has 2 aromatic heterocycles. The van der Waals surface area contributed by atoms with E-state index in [0.29, 0.717) is 31.0 Å². The molecule has 0 unspecified atom stereocenters. The normalized spacial score (nSPS) is 16.1. The molecule has 4 rings (SSSR count). The fraction of sp³-hybridized carbons (Fsp3) is 0.346. The SMILES string of the molecule is COC(=O)N[C@H](C(=O)N1CCC[C@H]1C(=O)Nc1ccc(-c2ccc3cnc(N)cc3c2)cn1)C(C)C. The van der Waals surface area contributed by atoms with Crippen LogP contribution < -0.4 is 16.4 Å². The number of nitrogen functional groups attached to an aromatic ring is 1. The predicted molar refractivity (Wildman–Crippen MR) is 137 cm³/mol. The second-order valence-electron chi connectivity index (χ2n) is 9.14. The van der Waals surface area contributed by atoms with E-state index in [-0.39, 0.29) is 17.7 Å². The number of hydrogen-bond acceptors (Lipinski definition) is 7. The average molecular weight is 491 g/mol. The van der Waals surface area contributed by atoms with Crippen LogP contribution in [0.2, 0.25) is 0 Å². The number of amides is 3. The summed E-state index contributed by atoms with van der Waals surface area (Å²) in [7, 11) is 1.24. The first-order chi connectivity index (χ1) is 17.3. The van der Waals surface area contributed by atoms with Crippen molar-refractivity contribution in [1.82, 2.24) is 20.2 Å². The molecule has 10 heteroatoms. The van der Waals surface area contributed by atoms with Crippen LogP contribution >= 0.6 is 0 Å². The Balaban J connectivity index is 1.45. The molecule has 188 valence electrons. The van der Waals surface area contributed by atoms with E-state index < -0.39 is 18.2 Å². The number of aromatic nitrogens is 2. The molecule has 0 radical (unpaired) electrons. The van der Waals surface area contributed by atoms with Crippen molar-refractivity contribution in [2.45, 2.75) is 38.8 Å². The highest BCUT2D eigenvalue weighted by Gasteiger charge is 2.38. The molecule has 1 aromatic carbocycles. The van der Waals surface area contributed by atoms with Crippen LogP contribution in [0.4, 0.5) is 16.4 Å². The van der Waals surface area contributed by atoms with E-state index in [1.807, 2.05) is 44.2 Å². The zero-order chi connectivity index (χ0) is 25.8. The number of nitrogens with one attached hydrogen (secondary N) is 2. The lowest BCUT2D eigenvalue weighted by atomic mass is 10.0. The Morgan fingerprint density at radius 3 is 2.53 bits per heavy atom. The van der Waals surface area contributed by atoms with Gasteiger partial charge >= 0.3 is 6.09 Å². The zero-order valence-electron chi connectivity index (χ0n) is 20.5. The number of nitrogens with two attached hydrogens (primary N) is 1. The third kappa shape index (κ3) is 5.37. The lowest BCUT2D eigenvalue weighted by molar-refractivity contribution is -0.139. The maximum Gasteiger partial charge on any atom is 0.407 e. The Bertz CT molecular complexity index is 1280. The van der Waals surface area contributed by atoms with Crippen molar-refractivity contribution in [3.05, 3.63) is 48.8 Å². The molecule has 36 heavy (non-hydrogen) atoms. The van der Waals surface area contributed by atoms with Gasteiger partial charge in [0.1, 0.15) is 23.7 Å². The zero-order valence-corrected chi connectivity index (χ0v) is 20.5. The Morgan fingerprint density at radius 2 is 1.83 bits per heavy atom. The quantitative estimate of drug-likeness (QED) is 0.482. The van der Waals surface area contributed by atoms with Crippen LogP contribution in [-0.2, 0) is 14.3 Å². The van der Waals surface area contributed by atoms with Gasteiger partial charge in [-0.3, -0.25) is 9.59 Å². The highest BCUT2D eigenvalue weighted by Crippen LogP contribution is 2.26. The molecular weight excluding hydrogens is 460 g/mol. The van der Waals surface area contributed by atoms with E-state index in [0.717, 1.165) is 21.9 Å². The number of anilines is 2. The molecule has 4 N–H and O–H groups in total. The number of alkyl carbamates (subject to hydrolysis) is 1. The topological polar surface area (TPSA) is 140 Å². The van der Waals surface area contributed by atoms with E-state index in [1.165, 1.54) is 12.0 Å². The molecule has 0 spiro atoms. The van der Waals surface area contributed by atoms with Crippen molar-refractivity contribution in [3.63, 3.8) is 0 Å². The second kappa shape index (κ2) is 10.6. The summed E-state index contributed by atoms with van der Waals surface area (Å²) in [5.74, 6) is 0.0678. The fourth-order valence-corrected chi connectivity index (χ4v) is 4.37. The summed E-state index contributed by atoms with van der Waals surface area (Å²) in [4.78, 5) is 48.0. The molecular formula is C26H30N6O4. The number of likely N-dealkylation sites (tertiary alicyclic amines) is 1. The monoisotopic (exact) mass is 490 g/mol.